The van der Waals surface area contributed by atoms with Gasteiger partial charge in [-0.25, -0.2) is 4.79 Å². The van der Waals surface area contributed by atoms with E-state index in [4.69, 9.17) is 15.2 Å². The molecule has 1 fully saturated rings. The Morgan fingerprint density at radius 3 is 2.95 bits per heavy atom. The topological polar surface area (TPSA) is 64.8 Å². The number of nitrogens with two attached hydrogens (primary N) is 1. The second-order valence-corrected chi connectivity index (χ2v) is 8.23. The zero-order chi connectivity index (χ0) is 16.3. The van der Waals surface area contributed by atoms with E-state index in [0.29, 0.717) is 26.2 Å². The fourth-order valence-electron chi connectivity index (χ4n) is 2.35. The van der Waals surface area contributed by atoms with Crippen LogP contribution in [0.25, 0.3) is 0 Å². The quantitative estimate of drug-likeness (QED) is 0.861. The molecule has 2 N–H and O–H groups in total. The molecule has 2 unspecified atom stereocenters. The molecule has 1 aliphatic heterocycles. The lowest BCUT2D eigenvalue weighted by Gasteiger charge is -2.39. The maximum absolute atomic E-state index is 12.4. The molecule has 2 heterocycles. The van der Waals surface area contributed by atoms with Gasteiger partial charge >= 0.3 is 6.09 Å². The van der Waals surface area contributed by atoms with Gasteiger partial charge in [0.05, 0.1) is 19.3 Å². The van der Waals surface area contributed by atoms with Gasteiger partial charge < -0.3 is 15.2 Å². The molecular weight excluding hydrogens is 368 g/mol. The number of hydrogen-bond acceptors (Lipinski definition) is 5. The van der Waals surface area contributed by atoms with Crippen molar-refractivity contribution in [2.75, 3.05) is 19.8 Å². The Morgan fingerprint density at radius 2 is 2.36 bits per heavy atom. The largest absolute Gasteiger partial charge is 0.444 e. The molecule has 1 aromatic heterocycles. The minimum atomic E-state index is -0.513. The van der Waals surface area contributed by atoms with Crippen molar-refractivity contribution in [1.82, 2.24) is 4.90 Å². The zero-order valence-electron chi connectivity index (χ0n) is 13.2. The number of hydrogen-bond donors (Lipinski definition) is 1. The van der Waals surface area contributed by atoms with Crippen molar-refractivity contribution in [3.05, 3.63) is 20.8 Å². The van der Waals surface area contributed by atoms with Crippen molar-refractivity contribution in [2.24, 2.45) is 5.73 Å². The normalized spacial score (nSPS) is 20.8. The van der Waals surface area contributed by atoms with E-state index < -0.39 is 5.60 Å². The number of thiophene rings is 1. The smallest absolute Gasteiger partial charge is 0.410 e. The van der Waals surface area contributed by atoms with Crippen molar-refractivity contribution < 1.29 is 14.3 Å². The highest BCUT2D eigenvalue weighted by Gasteiger charge is 2.34. The van der Waals surface area contributed by atoms with Crippen LogP contribution in [0, 0.1) is 0 Å². The van der Waals surface area contributed by atoms with Gasteiger partial charge in [0.25, 0.3) is 0 Å². The Bertz CT molecular complexity index is 515. The van der Waals surface area contributed by atoms with Gasteiger partial charge in [-0.1, -0.05) is 0 Å². The van der Waals surface area contributed by atoms with Gasteiger partial charge in [-0.2, -0.15) is 0 Å². The van der Waals surface area contributed by atoms with Crippen molar-refractivity contribution >= 4 is 33.4 Å². The van der Waals surface area contributed by atoms with Crippen molar-refractivity contribution in [3.8, 4) is 0 Å². The molecule has 22 heavy (non-hydrogen) atoms. The van der Waals surface area contributed by atoms with E-state index in [1.165, 1.54) is 4.88 Å². The van der Waals surface area contributed by atoms with Crippen LogP contribution in [0.15, 0.2) is 15.9 Å². The van der Waals surface area contributed by atoms with Crippen LogP contribution in [0.5, 0.6) is 0 Å². The van der Waals surface area contributed by atoms with Crippen LogP contribution in [0.1, 0.15) is 25.6 Å². The third kappa shape index (κ3) is 4.68. The molecule has 0 saturated carbocycles. The van der Waals surface area contributed by atoms with E-state index in [0.717, 1.165) is 4.47 Å². The van der Waals surface area contributed by atoms with Crippen LogP contribution in [-0.4, -0.2) is 48.4 Å². The number of nitrogens with zero attached hydrogens (tertiary/aromatic N) is 1. The molecule has 5 nitrogen and oxygen atoms in total. The van der Waals surface area contributed by atoms with Gasteiger partial charge in [0.15, 0.2) is 0 Å². The van der Waals surface area contributed by atoms with Gasteiger partial charge in [0.2, 0.25) is 0 Å². The van der Waals surface area contributed by atoms with Crippen LogP contribution in [0.3, 0.4) is 0 Å². The first-order valence-electron chi connectivity index (χ1n) is 7.33. The van der Waals surface area contributed by atoms with E-state index in [1.807, 2.05) is 32.2 Å². The Balaban J connectivity index is 2.05. The molecule has 1 saturated heterocycles. The van der Waals surface area contributed by atoms with Crippen LogP contribution >= 0.6 is 27.3 Å². The molecule has 1 aliphatic rings. The molecule has 2 rings (SSSR count). The summed E-state index contributed by atoms with van der Waals surface area (Å²) in [6.45, 7) is 7.07. The molecule has 124 valence electrons. The minimum absolute atomic E-state index is 0.169. The summed E-state index contributed by atoms with van der Waals surface area (Å²) in [5, 5.41) is 2.02. The Morgan fingerprint density at radius 1 is 1.64 bits per heavy atom. The van der Waals surface area contributed by atoms with E-state index in [9.17, 15) is 4.79 Å². The molecule has 7 heteroatoms. The lowest BCUT2D eigenvalue weighted by atomic mass is 10.0. The second kappa shape index (κ2) is 7.29. The van der Waals surface area contributed by atoms with Gasteiger partial charge in [0.1, 0.15) is 5.60 Å². The first kappa shape index (κ1) is 17.7. The van der Waals surface area contributed by atoms with Crippen molar-refractivity contribution in [2.45, 2.75) is 44.9 Å². The molecule has 0 aliphatic carbocycles. The molecule has 0 spiro atoms. The number of carbonyl (C=O) groups excluding carboxylic acids is 1. The Hall–Kier alpha value is -0.630. The minimum Gasteiger partial charge on any atom is -0.444 e. The summed E-state index contributed by atoms with van der Waals surface area (Å²) in [6.07, 6.45) is 0.382. The molecule has 2 atom stereocenters. The van der Waals surface area contributed by atoms with Crippen molar-refractivity contribution in [1.29, 1.82) is 0 Å². The second-order valence-electron chi connectivity index (χ2n) is 6.38. The van der Waals surface area contributed by atoms with Gasteiger partial charge in [-0.05, 0) is 48.1 Å². The van der Waals surface area contributed by atoms with Gasteiger partial charge in [-0.15, -0.1) is 11.3 Å². The first-order valence-corrected chi connectivity index (χ1v) is 9.00. The molecule has 0 bridgehead atoms. The van der Waals surface area contributed by atoms with Gasteiger partial charge in [-0.3, -0.25) is 4.90 Å². The number of morpholine rings is 1. The summed E-state index contributed by atoms with van der Waals surface area (Å²) in [6, 6.07) is 1.65. The molecular formula is C15H23BrN2O3S. The SMILES string of the molecule is CC(C)(C)OC(=O)N1CCOCC1C(N)Cc1sccc1Br. The summed E-state index contributed by atoms with van der Waals surface area (Å²) in [7, 11) is 0. The van der Waals surface area contributed by atoms with E-state index in [1.54, 1.807) is 16.2 Å². The van der Waals surface area contributed by atoms with Crippen LogP contribution in [-0.2, 0) is 15.9 Å². The fraction of sp³-hybridized carbons (Fsp3) is 0.667. The lowest BCUT2D eigenvalue weighted by molar-refractivity contribution is -0.0378. The summed E-state index contributed by atoms with van der Waals surface area (Å²) in [4.78, 5) is 15.3. The first-order chi connectivity index (χ1) is 10.3. The predicted octanol–water partition coefficient (Wildman–Crippen LogP) is 3.02. The maximum Gasteiger partial charge on any atom is 0.410 e. The monoisotopic (exact) mass is 390 g/mol. The Kier molecular flexibility index (Phi) is 5.87. The lowest BCUT2D eigenvalue weighted by Crippen LogP contribution is -2.58. The van der Waals surface area contributed by atoms with Crippen molar-refractivity contribution in [3.63, 3.8) is 0 Å². The molecule has 1 aromatic rings. The predicted molar refractivity (Wildman–Crippen MR) is 91.2 cm³/mol. The van der Waals surface area contributed by atoms with Crippen LogP contribution in [0.2, 0.25) is 0 Å². The number of halogens is 1. The van der Waals surface area contributed by atoms with Gasteiger partial charge in [0, 0.05) is 28.4 Å². The molecule has 1 amide bonds. The summed E-state index contributed by atoms with van der Waals surface area (Å²) in [5.41, 5.74) is 5.84. The third-order valence-corrected chi connectivity index (χ3v) is 5.35. The summed E-state index contributed by atoms with van der Waals surface area (Å²) < 4.78 is 12.1. The highest BCUT2D eigenvalue weighted by molar-refractivity contribution is 9.10. The average Bonchev–Trinajstić information content (AvgIpc) is 2.82. The highest BCUT2D eigenvalue weighted by Crippen LogP contribution is 2.25. The number of carbonyl (C=O) groups is 1. The van der Waals surface area contributed by atoms with E-state index in [2.05, 4.69) is 15.9 Å². The summed E-state index contributed by atoms with van der Waals surface area (Å²) in [5.74, 6) is 0. The Labute approximate surface area is 143 Å². The van der Waals surface area contributed by atoms with Crippen LogP contribution in [0.4, 0.5) is 4.79 Å². The third-order valence-electron chi connectivity index (χ3n) is 3.40. The standard InChI is InChI=1S/C15H23BrN2O3S/c1-15(2,3)21-14(19)18-5-6-20-9-12(18)11(17)8-13-10(16)4-7-22-13/h4,7,11-12H,5-6,8-9,17H2,1-3H3. The van der Waals surface area contributed by atoms with Crippen LogP contribution < -0.4 is 5.73 Å². The number of ether oxygens (including phenoxy) is 2. The number of amides is 1. The average molecular weight is 391 g/mol. The van der Waals surface area contributed by atoms with E-state index >= 15 is 0 Å². The zero-order valence-corrected chi connectivity index (χ0v) is 15.6. The molecule has 0 aromatic carbocycles. The highest BCUT2D eigenvalue weighted by atomic mass is 79.9. The summed E-state index contributed by atoms with van der Waals surface area (Å²) >= 11 is 5.18. The number of rotatable bonds is 3. The van der Waals surface area contributed by atoms with E-state index in [-0.39, 0.29) is 18.2 Å². The fourth-order valence-corrected chi connectivity index (χ4v) is 3.93. The molecule has 0 radical (unpaired) electrons. The maximum atomic E-state index is 12.4.